The lowest BCUT2D eigenvalue weighted by Crippen LogP contribution is -2.51. The van der Waals surface area contributed by atoms with Gasteiger partial charge in [0.25, 0.3) is 10.2 Å². The molecule has 1 fully saturated rings. The normalized spacial score (nSPS) is 21.7. The first-order valence-corrected chi connectivity index (χ1v) is 7.91. The first-order chi connectivity index (χ1) is 9.04. The standard InChI is InChI=1S/C11H21N5O2S/c1-15-7-5-13-11(15)9-14-19(17,18)16-6-3-2-4-10(16)8-12/h5,7,10,14H,2-4,6,8-9,12H2,1H3. The third kappa shape index (κ3) is 3.33. The van der Waals surface area contributed by atoms with Crippen molar-refractivity contribution in [3.05, 3.63) is 18.2 Å². The van der Waals surface area contributed by atoms with Gasteiger partial charge in [0.1, 0.15) is 5.82 Å². The number of nitrogens with one attached hydrogen (secondary N) is 1. The average Bonchev–Trinajstić information content (AvgIpc) is 2.82. The third-order valence-electron chi connectivity index (χ3n) is 3.49. The summed E-state index contributed by atoms with van der Waals surface area (Å²) in [5.41, 5.74) is 5.65. The molecule has 1 aliphatic rings. The lowest BCUT2D eigenvalue weighted by atomic mass is 10.1. The van der Waals surface area contributed by atoms with E-state index in [2.05, 4.69) is 9.71 Å². The maximum absolute atomic E-state index is 12.3. The number of aromatic nitrogens is 2. The van der Waals surface area contributed by atoms with Gasteiger partial charge in [0.15, 0.2) is 0 Å². The van der Waals surface area contributed by atoms with Crippen LogP contribution in [-0.2, 0) is 23.8 Å². The number of rotatable bonds is 5. The molecule has 2 rings (SSSR count). The first-order valence-electron chi connectivity index (χ1n) is 6.47. The molecule has 8 heteroatoms. The number of hydrogen-bond acceptors (Lipinski definition) is 4. The van der Waals surface area contributed by atoms with Crippen molar-refractivity contribution in [2.24, 2.45) is 12.8 Å². The van der Waals surface area contributed by atoms with Crippen LogP contribution in [0.3, 0.4) is 0 Å². The SMILES string of the molecule is Cn1ccnc1CNS(=O)(=O)N1CCCCC1CN. The lowest BCUT2D eigenvalue weighted by Gasteiger charge is -2.33. The molecule has 7 nitrogen and oxygen atoms in total. The predicted molar refractivity (Wildman–Crippen MR) is 72.4 cm³/mol. The molecule has 1 aromatic heterocycles. The molecule has 19 heavy (non-hydrogen) atoms. The maximum Gasteiger partial charge on any atom is 0.280 e. The minimum Gasteiger partial charge on any atom is -0.337 e. The molecule has 108 valence electrons. The van der Waals surface area contributed by atoms with Crippen LogP contribution in [-0.4, -0.2) is 41.4 Å². The molecular weight excluding hydrogens is 266 g/mol. The number of aryl methyl sites for hydroxylation is 1. The van der Waals surface area contributed by atoms with Gasteiger partial charge in [-0.15, -0.1) is 0 Å². The molecule has 1 unspecified atom stereocenters. The second-order valence-electron chi connectivity index (χ2n) is 4.78. The molecule has 1 atom stereocenters. The number of imidazole rings is 1. The molecule has 0 aliphatic carbocycles. The molecule has 0 spiro atoms. The monoisotopic (exact) mass is 287 g/mol. The summed E-state index contributed by atoms with van der Waals surface area (Å²) in [5, 5.41) is 0. The molecular formula is C11H21N5O2S. The zero-order valence-electron chi connectivity index (χ0n) is 11.1. The van der Waals surface area contributed by atoms with E-state index < -0.39 is 10.2 Å². The lowest BCUT2D eigenvalue weighted by molar-refractivity contribution is 0.254. The Bertz CT molecular complexity index is 513. The van der Waals surface area contributed by atoms with Gasteiger partial charge < -0.3 is 10.3 Å². The molecule has 0 saturated carbocycles. The molecule has 1 aromatic rings. The highest BCUT2D eigenvalue weighted by atomic mass is 32.2. The molecule has 2 heterocycles. The second-order valence-corrected chi connectivity index (χ2v) is 6.48. The Labute approximate surface area is 114 Å². The predicted octanol–water partition coefficient (Wildman–Crippen LogP) is -0.432. The van der Waals surface area contributed by atoms with Crippen molar-refractivity contribution in [3.8, 4) is 0 Å². The van der Waals surface area contributed by atoms with Crippen LogP contribution >= 0.6 is 0 Å². The van der Waals surface area contributed by atoms with Crippen molar-refractivity contribution < 1.29 is 8.42 Å². The molecule has 0 aromatic carbocycles. The molecule has 1 saturated heterocycles. The van der Waals surface area contributed by atoms with Crippen LogP contribution in [0.2, 0.25) is 0 Å². The summed E-state index contributed by atoms with van der Waals surface area (Å²) in [6.07, 6.45) is 6.19. The van der Waals surface area contributed by atoms with Crippen LogP contribution in [0.4, 0.5) is 0 Å². The van der Waals surface area contributed by atoms with E-state index in [1.807, 2.05) is 7.05 Å². The first kappa shape index (κ1) is 14.4. The number of piperidine rings is 1. The Morgan fingerprint density at radius 3 is 2.95 bits per heavy atom. The van der Waals surface area contributed by atoms with Crippen LogP contribution in [0, 0.1) is 0 Å². The summed E-state index contributed by atoms with van der Waals surface area (Å²) >= 11 is 0. The Hall–Kier alpha value is -0.960. The molecule has 0 amide bonds. The fourth-order valence-electron chi connectivity index (χ4n) is 2.33. The summed E-state index contributed by atoms with van der Waals surface area (Å²) in [5.74, 6) is 0.685. The van der Waals surface area contributed by atoms with Gasteiger partial charge in [0, 0.05) is 38.6 Å². The summed E-state index contributed by atoms with van der Waals surface area (Å²) in [7, 11) is -1.65. The smallest absolute Gasteiger partial charge is 0.280 e. The van der Waals surface area contributed by atoms with Crippen molar-refractivity contribution >= 4 is 10.2 Å². The minimum atomic E-state index is -3.49. The summed E-state index contributed by atoms with van der Waals surface area (Å²) < 4.78 is 30.4. The van der Waals surface area contributed by atoms with E-state index in [9.17, 15) is 8.42 Å². The van der Waals surface area contributed by atoms with Crippen LogP contribution < -0.4 is 10.5 Å². The van der Waals surface area contributed by atoms with E-state index in [-0.39, 0.29) is 12.6 Å². The third-order valence-corrected chi connectivity index (χ3v) is 5.09. The van der Waals surface area contributed by atoms with Gasteiger partial charge >= 0.3 is 0 Å². The molecule has 0 radical (unpaired) electrons. The highest BCUT2D eigenvalue weighted by Crippen LogP contribution is 2.18. The Kier molecular flexibility index (Phi) is 4.56. The van der Waals surface area contributed by atoms with Crippen molar-refractivity contribution in [1.29, 1.82) is 0 Å². The summed E-state index contributed by atoms with van der Waals surface area (Å²) in [6.45, 7) is 1.10. The molecule has 3 N–H and O–H groups in total. The number of hydrogen-bond donors (Lipinski definition) is 2. The van der Waals surface area contributed by atoms with Crippen molar-refractivity contribution in [1.82, 2.24) is 18.6 Å². The number of nitrogens with zero attached hydrogens (tertiary/aromatic N) is 3. The van der Waals surface area contributed by atoms with Gasteiger partial charge in [-0.2, -0.15) is 17.4 Å². The fraction of sp³-hybridized carbons (Fsp3) is 0.727. The van der Waals surface area contributed by atoms with E-state index in [1.165, 1.54) is 4.31 Å². The van der Waals surface area contributed by atoms with Gasteiger partial charge in [-0.05, 0) is 12.8 Å². The highest BCUT2D eigenvalue weighted by Gasteiger charge is 2.31. The molecule has 0 bridgehead atoms. The van der Waals surface area contributed by atoms with E-state index in [1.54, 1.807) is 17.0 Å². The van der Waals surface area contributed by atoms with E-state index >= 15 is 0 Å². The quantitative estimate of drug-likeness (QED) is 0.768. The minimum absolute atomic E-state index is 0.0902. The van der Waals surface area contributed by atoms with E-state index in [4.69, 9.17) is 5.73 Å². The number of nitrogens with two attached hydrogens (primary N) is 1. The Morgan fingerprint density at radius 1 is 1.53 bits per heavy atom. The van der Waals surface area contributed by atoms with Crippen molar-refractivity contribution in [2.75, 3.05) is 13.1 Å². The van der Waals surface area contributed by atoms with Gasteiger partial charge in [0.05, 0.1) is 6.54 Å². The Morgan fingerprint density at radius 2 is 2.32 bits per heavy atom. The van der Waals surface area contributed by atoms with Gasteiger partial charge in [0.2, 0.25) is 0 Å². The maximum atomic E-state index is 12.3. The van der Waals surface area contributed by atoms with Crippen LogP contribution in [0.1, 0.15) is 25.1 Å². The van der Waals surface area contributed by atoms with Crippen molar-refractivity contribution in [3.63, 3.8) is 0 Å². The van der Waals surface area contributed by atoms with Gasteiger partial charge in [-0.1, -0.05) is 6.42 Å². The van der Waals surface area contributed by atoms with Crippen LogP contribution in [0.5, 0.6) is 0 Å². The average molecular weight is 287 g/mol. The topological polar surface area (TPSA) is 93.2 Å². The largest absolute Gasteiger partial charge is 0.337 e. The fourth-order valence-corrected chi connectivity index (χ4v) is 3.76. The molecule has 1 aliphatic heterocycles. The van der Waals surface area contributed by atoms with Gasteiger partial charge in [-0.3, -0.25) is 0 Å². The Balaban J connectivity index is 2.03. The zero-order chi connectivity index (χ0) is 13.9. The van der Waals surface area contributed by atoms with E-state index in [0.717, 1.165) is 19.3 Å². The van der Waals surface area contributed by atoms with Gasteiger partial charge in [-0.25, -0.2) is 4.98 Å². The highest BCUT2D eigenvalue weighted by molar-refractivity contribution is 7.87. The van der Waals surface area contributed by atoms with E-state index in [0.29, 0.717) is 18.9 Å². The van der Waals surface area contributed by atoms with Crippen LogP contribution in [0.15, 0.2) is 12.4 Å². The van der Waals surface area contributed by atoms with Crippen LogP contribution in [0.25, 0.3) is 0 Å². The second kappa shape index (κ2) is 6.00. The summed E-state index contributed by atoms with van der Waals surface area (Å²) in [6, 6.07) is -0.0902. The van der Waals surface area contributed by atoms with Crippen molar-refractivity contribution in [2.45, 2.75) is 31.8 Å². The summed E-state index contributed by atoms with van der Waals surface area (Å²) in [4.78, 5) is 4.10. The zero-order valence-corrected chi connectivity index (χ0v) is 11.9.